The fourth-order valence-electron chi connectivity index (χ4n) is 0.852. The van der Waals surface area contributed by atoms with Crippen LogP contribution in [0.25, 0.3) is 0 Å². The van der Waals surface area contributed by atoms with Crippen LogP contribution in [-0.2, 0) is 4.74 Å². The molecule has 0 radical (unpaired) electrons. The Balaban J connectivity index is 3.30. The van der Waals surface area contributed by atoms with Crippen molar-refractivity contribution in [1.29, 1.82) is 0 Å². The highest BCUT2D eigenvalue weighted by Crippen LogP contribution is 2.14. The summed E-state index contributed by atoms with van der Waals surface area (Å²) in [4.78, 5) is 0.606. The molecule has 0 aliphatic rings. The van der Waals surface area contributed by atoms with Crippen molar-refractivity contribution in [3.8, 4) is 0 Å². The van der Waals surface area contributed by atoms with Crippen molar-refractivity contribution < 1.29 is 4.74 Å². The van der Waals surface area contributed by atoms with Gasteiger partial charge < -0.3 is 10.5 Å². The van der Waals surface area contributed by atoms with E-state index in [1.54, 1.807) is 0 Å². The molecule has 2 nitrogen and oxygen atoms in total. The maximum Gasteiger partial charge on any atom is 0.0727 e. The van der Waals surface area contributed by atoms with Crippen LogP contribution in [-0.4, -0.2) is 17.2 Å². The van der Waals surface area contributed by atoms with Crippen molar-refractivity contribution >= 4 is 17.2 Å². The summed E-state index contributed by atoms with van der Waals surface area (Å²) in [6.45, 7) is 7.17. The lowest BCUT2D eigenvalue weighted by Gasteiger charge is -2.23. The third-order valence-corrected chi connectivity index (χ3v) is 2.37. The van der Waals surface area contributed by atoms with Crippen LogP contribution in [0.15, 0.2) is 0 Å². The third kappa shape index (κ3) is 8.19. The Kier molecular flexibility index (Phi) is 6.25. The van der Waals surface area contributed by atoms with E-state index in [-0.39, 0.29) is 5.60 Å². The van der Waals surface area contributed by atoms with Gasteiger partial charge in [0.15, 0.2) is 0 Å². The molecule has 0 aliphatic heterocycles. The number of thiocarbonyl (C=S) groups is 1. The molecule has 0 aromatic carbocycles. The summed E-state index contributed by atoms with van der Waals surface area (Å²) >= 11 is 4.78. The van der Waals surface area contributed by atoms with Crippen molar-refractivity contribution in [2.24, 2.45) is 5.73 Å². The summed E-state index contributed by atoms with van der Waals surface area (Å²) in [6.07, 6.45) is 3.96. The highest BCUT2D eigenvalue weighted by molar-refractivity contribution is 7.80. The van der Waals surface area contributed by atoms with E-state index in [0.717, 1.165) is 32.3 Å². The molecule has 0 heterocycles. The Labute approximate surface area is 86.8 Å². The molecule has 13 heavy (non-hydrogen) atoms. The number of rotatable bonds is 7. The van der Waals surface area contributed by atoms with Gasteiger partial charge in [0.1, 0.15) is 0 Å². The molecule has 0 spiro atoms. The van der Waals surface area contributed by atoms with Gasteiger partial charge in [-0.05, 0) is 39.5 Å². The summed E-state index contributed by atoms with van der Waals surface area (Å²) in [5, 5.41) is 0. The van der Waals surface area contributed by atoms with Gasteiger partial charge in [-0.25, -0.2) is 0 Å². The number of unbranched alkanes of at least 4 members (excludes halogenated alkanes) is 1. The molecule has 0 fully saturated rings. The van der Waals surface area contributed by atoms with Gasteiger partial charge in [0, 0.05) is 6.61 Å². The van der Waals surface area contributed by atoms with Gasteiger partial charge in [-0.1, -0.05) is 19.1 Å². The van der Waals surface area contributed by atoms with Crippen molar-refractivity contribution in [3.63, 3.8) is 0 Å². The first-order chi connectivity index (χ1) is 5.98. The Morgan fingerprint density at radius 2 is 2.00 bits per heavy atom. The molecule has 0 atom stereocenters. The highest BCUT2D eigenvalue weighted by Gasteiger charge is 2.14. The van der Waals surface area contributed by atoms with Gasteiger partial charge in [-0.3, -0.25) is 0 Å². The predicted molar refractivity (Wildman–Crippen MR) is 61.0 cm³/mol. The Hall–Kier alpha value is -0.150. The van der Waals surface area contributed by atoms with Crippen LogP contribution in [0.1, 0.15) is 46.5 Å². The molecule has 0 amide bonds. The van der Waals surface area contributed by atoms with Crippen molar-refractivity contribution in [2.45, 2.75) is 52.1 Å². The van der Waals surface area contributed by atoms with Crippen LogP contribution >= 0.6 is 12.2 Å². The average Bonchev–Trinajstić information content (AvgIpc) is 2.03. The van der Waals surface area contributed by atoms with Gasteiger partial charge in [0.05, 0.1) is 10.6 Å². The van der Waals surface area contributed by atoms with E-state index in [4.69, 9.17) is 22.7 Å². The van der Waals surface area contributed by atoms with Gasteiger partial charge in [-0.15, -0.1) is 0 Å². The minimum Gasteiger partial charge on any atom is -0.393 e. The number of nitrogens with two attached hydrogens (primary N) is 1. The number of hydrogen-bond acceptors (Lipinski definition) is 2. The van der Waals surface area contributed by atoms with Crippen molar-refractivity contribution in [3.05, 3.63) is 0 Å². The zero-order valence-electron chi connectivity index (χ0n) is 8.93. The second-order valence-electron chi connectivity index (χ2n) is 3.89. The quantitative estimate of drug-likeness (QED) is 0.510. The summed E-state index contributed by atoms with van der Waals surface area (Å²) in [5.74, 6) is 0. The first-order valence-electron chi connectivity index (χ1n) is 4.90. The lowest BCUT2D eigenvalue weighted by molar-refractivity contribution is -0.0213. The van der Waals surface area contributed by atoms with Crippen LogP contribution in [0, 0.1) is 0 Å². The molecule has 78 valence electrons. The first-order valence-corrected chi connectivity index (χ1v) is 5.31. The molecular formula is C10H21NOS. The third-order valence-electron chi connectivity index (χ3n) is 2.16. The monoisotopic (exact) mass is 203 g/mol. The minimum absolute atomic E-state index is 0.0171. The molecule has 0 saturated carbocycles. The van der Waals surface area contributed by atoms with E-state index in [2.05, 4.69) is 20.8 Å². The normalized spacial score (nSPS) is 11.6. The standard InChI is InChI=1S/C10H21NOS/c1-4-10(2,3)12-8-6-5-7-9(11)13/h4-8H2,1-3H3,(H2,11,13). The zero-order valence-corrected chi connectivity index (χ0v) is 9.75. The molecule has 0 saturated heterocycles. The van der Waals surface area contributed by atoms with E-state index in [1.165, 1.54) is 0 Å². The molecule has 0 aromatic heterocycles. The molecule has 0 bridgehead atoms. The predicted octanol–water partition coefficient (Wildman–Crippen LogP) is 2.65. The average molecular weight is 203 g/mol. The van der Waals surface area contributed by atoms with Crippen LogP contribution in [0.5, 0.6) is 0 Å². The molecule has 2 N–H and O–H groups in total. The largest absolute Gasteiger partial charge is 0.393 e. The van der Waals surface area contributed by atoms with Crippen molar-refractivity contribution in [1.82, 2.24) is 0 Å². The van der Waals surface area contributed by atoms with Crippen LogP contribution in [0.4, 0.5) is 0 Å². The molecule has 0 unspecified atom stereocenters. The lowest BCUT2D eigenvalue weighted by atomic mass is 10.1. The van der Waals surface area contributed by atoms with Crippen molar-refractivity contribution in [2.75, 3.05) is 6.61 Å². The first kappa shape index (κ1) is 12.8. The van der Waals surface area contributed by atoms with Crippen LogP contribution < -0.4 is 5.73 Å². The Morgan fingerprint density at radius 3 is 2.46 bits per heavy atom. The van der Waals surface area contributed by atoms with Gasteiger partial charge >= 0.3 is 0 Å². The van der Waals surface area contributed by atoms with E-state index >= 15 is 0 Å². The summed E-state index contributed by atoms with van der Waals surface area (Å²) < 4.78 is 5.68. The van der Waals surface area contributed by atoms with Crippen LogP contribution in [0.3, 0.4) is 0 Å². The second-order valence-corrected chi connectivity index (χ2v) is 4.41. The Morgan fingerprint density at radius 1 is 1.38 bits per heavy atom. The maximum absolute atomic E-state index is 5.68. The summed E-state index contributed by atoms with van der Waals surface area (Å²) in [6, 6.07) is 0. The maximum atomic E-state index is 5.68. The molecule has 0 rings (SSSR count). The van der Waals surface area contributed by atoms with Gasteiger partial charge in [0.2, 0.25) is 0 Å². The molecule has 3 heteroatoms. The lowest BCUT2D eigenvalue weighted by Crippen LogP contribution is -2.23. The second kappa shape index (κ2) is 6.33. The smallest absolute Gasteiger partial charge is 0.0727 e. The fourth-order valence-corrected chi connectivity index (χ4v) is 0.996. The SMILES string of the molecule is CCC(C)(C)OCCCCC(N)=S. The van der Waals surface area contributed by atoms with E-state index in [9.17, 15) is 0 Å². The van der Waals surface area contributed by atoms with Gasteiger partial charge in [-0.2, -0.15) is 0 Å². The molecular weight excluding hydrogens is 182 g/mol. The van der Waals surface area contributed by atoms with Gasteiger partial charge in [0.25, 0.3) is 0 Å². The molecule has 0 aromatic rings. The highest BCUT2D eigenvalue weighted by atomic mass is 32.1. The minimum atomic E-state index is 0.0171. The molecule has 0 aliphatic carbocycles. The Bertz CT molecular complexity index is 157. The number of ether oxygens (including phenoxy) is 1. The zero-order chi connectivity index (χ0) is 10.3. The van der Waals surface area contributed by atoms with E-state index in [1.807, 2.05) is 0 Å². The van der Waals surface area contributed by atoms with E-state index < -0.39 is 0 Å². The number of hydrogen-bond donors (Lipinski definition) is 1. The van der Waals surface area contributed by atoms with Crippen LogP contribution in [0.2, 0.25) is 0 Å². The summed E-state index contributed by atoms with van der Waals surface area (Å²) in [7, 11) is 0. The summed E-state index contributed by atoms with van der Waals surface area (Å²) in [5.41, 5.74) is 5.39. The van der Waals surface area contributed by atoms with E-state index in [0.29, 0.717) is 4.99 Å². The fraction of sp³-hybridized carbons (Fsp3) is 0.900. The topological polar surface area (TPSA) is 35.2 Å².